The average molecular weight is 195 g/mol. The molecule has 0 bridgehead atoms. The van der Waals surface area contributed by atoms with Gasteiger partial charge in [0.15, 0.2) is 0 Å². The predicted octanol–water partition coefficient (Wildman–Crippen LogP) is 1.84. The molecule has 1 fully saturated rings. The third-order valence-corrected chi connectivity index (χ3v) is 2.91. The minimum Gasteiger partial charge on any atom is -0.468 e. The Morgan fingerprint density at radius 1 is 1.57 bits per heavy atom. The summed E-state index contributed by atoms with van der Waals surface area (Å²) in [7, 11) is 0. The molecule has 2 unspecified atom stereocenters. The van der Waals surface area contributed by atoms with Crippen LogP contribution in [0.15, 0.2) is 22.8 Å². The Morgan fingerprint density at radius 2 is 2.43 bits per heavy atom. The molecule has 1 aromatic rings. The normalized spacial score (nSPS) is 29.3. The molecule has 0 radical (unpaired) electrons. The number of rotatable bonds is 3. The molecule has 1 heterocycles. The maximum atomic E-state index is 9.64. The maximum absolute atomic E-state index is 9.64. The van der Waals surface area contributed by atoms with Crippen molar-refractivity contribution in [3.05, 3.63) is 24.2 Å². The SMILES string of the molecule is C[C@@H](NC1CCCC1O)c1ccco1. The van der Waals surface area contributed by atoms with Gasteiger partial charge in [-0.2, -0.15) is 0 Å². The molecule has 1 saturated carbocycles. The molecule has 14 heavy (non-hydrogen) atoms. The number of aliphatic hydroxyl groups excluding tert-OH is 1. The van der Waals surface area contributed by atoms with Gasteiger partial charge in [0.25, 0.3) is 0 Å². The minimum absolute atomic E-state index is 0.183. The van der Waals surface area contributed by atoms with Gasteiger partial charge in [-0.15, -0.1) is 0 Å². The summed E-state index contributed by atoms with van der Waals surface area (Å²) < 4.78 is 5.30. The molecule has 0 amide bonds. The fourth-order valence-electron chi connectivity index (χ4n) is 2.08. The van der Waals surface area contributed by atoms with Crippen LogP contribution in [0.1, 0.15) is 38.0 Å². The number of aliphatic hydroxyl groups is 1. The summed E-state index contributed by atoms with van der Waals surface area (Å²) in [5.41, 5.74) is 0. The lowest BCUT2D eigenvalue weighted by molar-refractivity contribution is 0.142. The van der Waals surface area contributed by atoms with Gasteiger partial charge < -0.3 is 14.8 Å². The highest BCUT2D eigenvalue weighted by Gasteiger charge is 2.26. The van der Waals surface area contributed by atoms with E-state index in [2.05, 4.69) is 12.2 Å². The molecule has 0 spiro atoms. The van der Waals surface area contributed by atoms with Gasteiger partial charge >= 0.3 is 0 Å². The summed E-state index contributed by atoms with van der Waals surface area (Å²) in [4.78, 5) is 0. The monoisotopic (exact) mass is 195 g/mol. The zero-order valence-electron chi connectivity index (χ0n) is 8.44. The Balaban J connectivity index is 1.91. The van der Waals surface area contributed by atoms with Crippen molar-refractivity contribution in [2.24, 2.45) is 0 Å². The molecular formula is C11H17NO2. The van der Waals surface area contributed by atoms with Crippen molar-refractivity contribution >= 4 is 0 Å². The second-order valence-electron chi connectivity index (χ2n) is 4.01. The van der Waals surface area contributed by atoms with Crippen molar-refractivity contribution in [1.29, 1.82) is 0 Å². The Bertz CT molecular complexity index is 271. The van der Waals surface area contributed by atoms with Gasteiger partial charge in [-0.1, -0.05) is 0 Å². The van der Waals surface area contributed by atoms with E-state index in [1.165, 1.54) is 0 Å². The van der Waals surface area contributed by atoms with Crippen LogP contribution in [0.25, 0.3) is 0 Å². The van der Waals surface area contributed by atoms with E-state index in [1.807, 2.05) is 12.1 Å². The van der Waals surface area contributed by atoms with Crippen LogP contribution in [0.3, 0.4) is 0 Å². The van der Waals surface area contributed by atoms with Crippen LogP contribution in [0, 0.1) is 0 Å². The van der Waals surface area contributed by atoms with E-state index < -0.39 is 0 Å². The Hall–Kier alpha value is -0.800. The van der Waals surface area contributed by atoms with Crippen molar-refractivity contribution in [2.75, 3.05) is 0 Å². The summed E-state index contributed by atoms with van der Waals surface area (Å²) in [6.45, 7) is 2.06. The second-order valence-corrected chi connectivity index (χ2v) is 4.01. The Kier molecular flexibility index (Phi) is 2.89. The van der Waals surface area contributed by atoms with E-state index in [0.29, 0.717) is 0 Å². The molecule has 2 N–H and O–H groups in total. The first-order valence-electron chi connectivity index (χ1n) is 5.25. The van der Waals surface area contributed by atoms with Crippen molar-refractivity contribution in [3.8, 4) is 0 Å². The summed E-state index contributed by atoms with van der Waals surface area (Å²) in [5, 5.41) is 13.0. The van der Waals surface area contributed by atoms with E-state index in [4.69, 9.17) is 4.42 Å². The van der Waals surface area contributed by atoms with Gasteiger partial charge in [0, 0.05) is 6.04 Å². The Labute approximate surface area is 84.1 Å². The first-order chi connectivity index (χ1) is 6.77. The van der Waals surface area contributed by atoms with Crippen LogP contribution >= 0.6 is 0 Å². The molecule has 3 heteroatoms. The van der Waals surface area contributed by atoms with E-state index in [-0.39, 0.29) is 18.2 Å². The first-order valence-corrected chi connectivity index (χ1v) is 5.25. The quantitative estimate of drug-likeness (QED) is 0.773. The van der Waals surface area contributed by atoms with Gasteiger partial charge in [-0.3, -0.25) is 0 Å². The molecule has 0 saturated heterocycles. The van der Waals surface area contributed by atoms with Crippen molar-refractivity contribution in [2.45, 2.75) is 44.4 Å². The minimum atomic E-state index is -0.188. The maximum Gasteiger partial charge on any atom is 0.120 e. The van der Waals surface area contributed by atoms with Crippen LogP contribution in [-0.2, 0) is 0 Å². The van der Waals surface area contributed by atoms with Crippen molar-refractivity contribution in [3.63, 3.8) is 0 Å². The fraction of sp³-hybridized carbons (Fsp3) is 0.636. The van der Waals surface area contributed by atoms with Crippen LogP contribution in [0.4, 0.5) is 0 Å². The molecule has 0 aromatic carbocycles. The first kappa shape index (κ1) is 9.74. The van der Waals surface area contributed by atoms with E-state index in [1.54, 1.807) is 6.26 Å². The number of hydrogen-bond acceptors (Lipinski definition) is 3. The standard InChI is InChI=1S/C11H17NO2/c1-8(11-6-3-7-14-11)12-9-4-2-5-10(9)13/h3,6-10,12-13H,2,4-5H2,1H3/t8-,9?,10?/m1/s1. The van der Waals surface area contributed by atoms with Crippen molar-refractivity contribution < 1.29 is 9.52 Å². The lowest BCUT2D eigenvalue weighted by atomic mass is 10.1. The van der Waals surface area contributed by atoms with Gasteiger partial charge in [0.2, 0.25) is 0 Å². The third-order valence-electron chi connectivity index (χ3n) is 2.91. The second kappa shape index (κ2) is 4.15. The third kappa shape index (κ3) is 1.99. The highest BCUT2D eigenvalue weighted by Crippen LogP contribution is 2.22. The lowest BCUT2D eigenvalue weighted by Crippen LogP contribution is -2.37. The molecule has 0 aliphatic heterocycles. The Morgan fingerprint density at radius 3 is 3.00 bits per heavy atom. The van der Waals surface area contributed by atoms with Gasteiger partial charge in [-0.05, 0) is 38.3 Å². The van der Waals surface area contributed by atoms with Crippen LogP contribution < -0.4 is 5.32 Å². The van der Waals surface area contributed by atoms with Crippen LogP contribution in [0.2, 0.25) is 0 Å². The molecule has 2 rings (SSSR count). The number of furan rings is 1. The fourth-order valence-corrected chi connectivity index (χ4v) is 2.08. The zero-order valence-corrected chi connectivity index (χ0v) is 8.44. The predicted molar refractivity (Wildman–Crippen MR) is 53.9 cm³/mol. The highest BCUT2D eigenvalue weighted by atomic mass is 16.3. The molecule has 1 aromatic heterocycles. The summed E-state index contributed by atoms with van der Waals surface area (Å²) in [6.07, 6.45) is 4.59. The highest BCUT2D eigenvalue weighted by molar-refractivity contribution is 5.04. The molecule has 1 aliphatic carbocycles. The van der Waals surface area contributed by atoms with E-state index >= 15 is 0 Å². The molecular weight excluding hydrogens is 178 g/mol. The smallest absolute Gasteiger partial charge is 0.120 e. The molecule has 3 atom stereocenters. The largest absolute Gasteiger partial charge is 0.468 e. The van der Waals surface area contributed by atoms with Gasteiger partial charge in [0.05, 0.1) is 18.4 Å². The lowest BCUT2D eigenvalue weighted by Gasteiger charge is -2.20. The van der Waals surface area contributed by atoms with E-state index in [9.17, 15) is 5.11 Å². The number of nitrogens with one attached hydrogen (secondary N) is 1. The van der Waals surface area contributed by atoms with Crippen molar-refractivity contribution in [1.82, 2.24) is 5.32 Å². The van der Waals surface area contributed by atoms with E-state index in [0.717, 1.165) is 25.0 Å². The average Bonchev–Trinajstić information content (AvgIpc) is 2.77. The van der Waals surface area contributed by atoms with Gasteiger partial charge in [-0.25, -0.2) is 0 Å². The molecule has 78 valence electrons. The topological polar surface area (TPSA) is 45.4 Å². The van der Waals surface area contributed by atoms with Crippen LogP contribution in [-0.4, -0.2) is 17.3 Å². The molecule has 3 nitrogen and oxygen atoms in total. The summed E-state index contributed by atoms with van der Waals surface area (Å²) in [6, 6.07) is 4.26. The summed E-state index contributed by atoms with van der Waals surface area (Å²) >= 11 is 0. The summed E-state index contributed by atoms with van der Waals surface area (Å²) in [5.74, 6) is 0.934. The van der Waals surface area contributed by atoms with Gasteiger partial charge in [0.1, 0.15) is 5.76 Å². The number of hydrogen-bond donors (Lipinski definition) is 2. The zero-order chi connectivity index (χ0) is 9.97. The molecule has 1 aliphatic rings. The van der Waals surface area contributed by atoms with Crippen LogP contribution in [0.5, 0.6) is 0 Å².